The van der Waals surface area contributed by atoms with Crippen molar-refractivity contribution < 1.29 is 13.9 Å². The maximum absolute atomic E-state index is 13.8. The third kappa shape index (κ3) is 6.91. The average Bonchev–Trinajstić information content (AvgIpc) is 2.41. The Labute approximate surface area is 127 Å². The number of methoxy groups -OCH3 is 1. The van der Waals surface area contributed by atoms with Crippen LogP contribution in [-0.4, -0.2) is 31.9 Å². The molecular formula is C17H28FNO2. The van der Waals surface area contributed by atoms with Gasteiger partial charge in [0, 0.05) is 6.04 Å². The Morgan fingerprint density at radius 3 is 2.52 bits per heavy atom. The van der Waals surface area contributed by atoms with Gasteiger partial charge in [0.2, 0.25) is 0 Å². The van der Waals surface area contributed by atoms with E-state index in [1.165, 1.54) is 13.2 Å². The lowest BCUT2D eigenvalue weighted by Crippen LogP contribution is -2.38. The summed E-state index contributed by atoms with van der Waals surface area (Å²) >= 11 is 0. The Hall–Kier alpha value is -1.13. The van der Waals surface area contributed by atoms with E-state index in [4.69, 9.17) is 9.47 Å². The Morgan fingerprint density at radius 1 is 1.29 bits per heavy atom. The van der Waals surface area contributed by atoms with Crippen molar-refractivity contribution >= 4 is 0 Å². The molecule has 4 heteroatoms. The Balaban J connectivity index is 2.68. The summed E-state index contributed by atoms with van der Waals surface area (Å²) in [5.74, 6) is -0.0382. The lowest BCUT2D eigenvalue weighted by molar-refractivity contribution is -0.0143. The third-order valence-corrected chi connectivity index (χ3v) is 3.10. The van der Waals surface area contributed by atoms with Crippen molar-refractivity contribution in [2.24, 2.45) is 0 Å². The largest absolute Gasteiger partial charge is 0.494 e. The van der Waals surface area contributed by atoms with Crippen LogP contribution >= 0.6 is 0 Å². The molecule has 1 rings (SSSR count). The maximum atomic E-state index is 13.8. The van der Waals surface area contributed by atoms with Gasteiger partial charge in [0.15, 0.2) is 11.6 Å². The van der Waals surface area contributed by atoms with Crippen molar-refractivity contribution in [1.82, 2.24) is 5.32 Å². The average molecular weight is 297 g/mol. The quantitative estimate of drug-likeness (QED) is 0.796. The van der Waals surface area contributed by atoms with E-state index >= 15 is 0 Å². The van der Waals surface area contributed by atoms with E-state index in [1.54, 1.807) is 6.07 Å². The second-order valence-electron chi connectivity index (χ2n) is 6.25. The van der Waals surface area contributed by atoms with Crippen LogP contribution in [0.1, 0.15) is 39.7 Å². The summed E-state index contributed by atoms with van der Waals surface area (Å²) in [4.78, 5) is 0. The molecule has 0 amide bonds. The van der Waals surface area contributed by atoms with E-state index < -0.39 is 0 Å². The Bertz CT molecular complexity index is 429. The van der Waals surface area contributed by atoms with Gasteiger partial charge in [0.05, 0.1) is 19.3 Å². The Morgan fingerprint density at radius 2 is 2.00 bits per heavy atom. The summed E-state index contributed by atoms with van der Waals surface area (Å²) in [6.07, 6.45) is 1.79. The standard InChI is InChI=1S/C17H28FNO2/c1-6-9-19-14(12-21-17(2,3)4)10-13-7-8-16(20-5)15(18)11-13/h7-8,11,14,19H,6,9-10,12H2,1-5H3. The maximum Gasteiger partial charge on any atom is 0.165 e. The lowest BCUT2D eigenvalue weighted by Gasteiger charge is -2.25. The lowest BCUT2D eigenvalue weighted by atomic mass is 10.1. The molecule has 3 nitrogen and oxygen atoms in total. The van der Waals surface area contributed by atoms with Crippen LogP contribution < -0.4 is 10.1 Å². The zero-order chi connectivity index (χ0) is 15.9. The van der Waals surface area contributed by atoms with Crippen LogP contribution in [0.2, 0.25) is 0 Å². The van der Waals surface area contributed by atoms with Crippen molar-refractivity contribution in [2.75, 3.05) is 20.3 Å². The fraction of sp³-hybridized carbons (Fsp3) is 0.647. The molecule has 0 saturated carbocycles. The highest BCUT2D eigenvalue weighted by Crippen LogP contribution is 2.19. The van der Waals surface area contributed by atoms with Gasteiger partial charge in [-0.25, -0.2) is 4.39 Å². The first-order valence-electron chi connectivity index (χ1n) is 7.55. The van der Waals surface area contributed by atoms with Crippen LogP contribution in [0, 0.1) is 5.82 Å². The van der Waals surface area contributed by atoms with Gasteiger partial charge in [0.1, 0.15) is 0 Å². The molecule has 0 saturated heterocycles. The molecule has 0 aromatic heterocycles. The monoisotopic (exact) mass is 297 g/mol. The van der Waals surface area contributed by atoms with Gasteiger partial charge in [-0.3, -0.25) is 0 Å². The molecule has 1 atom stereocenters. The minimum atomic E-state index is -0.319. The molecule has 1 N–H and O–H groups in total. The molecule has 21 heavy (non-hydrogen) atoms. The molecule has 120 valence electrons. The minimum absolute atomic E-state index is 0.169. The molecule has 0 heterocycles. The fourth-order valence-electron chi connectivity index (χ4n) is 2.01. The molecule has 0 aliphatic rings. The highest BCUT2D eigenvalue weighted by atomic mass is 19.1. The van der Waals surface area contributed by atoms with Crippen molar-refractivity contribution in [3.8, 4) is 5.75 Å². The first kappa shape index (κ1) is 17.9. The second kappa shape index (κ2) is 8.35. The number of nitrogens with one attached hydrogen (secondary N) is 1. The normalized spacial score (nSPS) is 13.2. The van der Waals surface area contributed by atoms with Gasteiger partial charge >= 0.3 is 0 Å². The molecule has 1 aromatic carbocycles. The van der Waals surface area contributed by atoms with E-state index in [0.717, 1.165) is 24.9 Å². The zero-order valence-electron chi connectivity index (χ0n) is 13.8. The van der Waals surface area contributed by atoms with Crippen LogP contribution in [0.5, 0.6) is 5.75 Å². The SMILES string of the molecule is CCCNC(COC(C)(C)C)Cc1ccc(OC)c(F)c1. The van der Waals surface area contributed by atoms with Crippen LogP contribution in [0.3, 0.4) is 0 Å². The molecule has 1 unspecified atom stereocenters. The number of hydrogen-bond acceptors (Lipinski definition) is 3. The second-order valence-corrected chi connectivity index (χ2v) is 6.25. The topological polar surface area (TPSA) is 30.5 Å². The number of halogens is 1. The van der Waals surface area contributed by atoms with E-state index in [1.807, 2.05) is 26.8 Å². The highest BCUT2D eigenvalue weighted by molar-refractivity contribution is 5.29. The predicted molar refractivity (Wildman–Crippen MR) is 84.4 cm³/mol. The smallest absolute Gasteiger partial charge is 0.165 e. The van der Waals surface area contributed by atoms with Crippen LogP contribution in [0.4, 0.5) is 4.39 Å². The first-order valence-corrected chi connectivity index (χ1v) is 7.55. The molecule has 0 aliphatic heterocycles. The summed E-state index contributed by atoms with van der Waals surface area (Å²) in [6, 6.07) is 5.29. The Kier molecular flexibility index (Phi) is 7.12. The van der Waals surface area contributed by atoms with Crippen LogP contribution in [0.25, 0.3) is 0 Å². The number of ether oxygens (including phenoxy) is 2. The summed E-state index contributed by atoms with van der Waals surface area (Å²) in [5.41, 5.74) is 0.775. The summed E-state index contributed by atoms with van der Waals surface area (Å²) in [7, 11) is 1.47. The van der Waals surface area contributed by atoms with Crippen LogP contribution in [0.15, 0.2) is 18.2 Å². The fourth-order valence-corrected chi connectivity index (χ4v) is 2.01. The molecule has 0 bridgehead atoms. The van der Waals surface area contributed by atoms with Crippen LogP contribution in [-0.2, 0) is 11.2 Å². The molecule has 1 aromatic rings. The molecule has 0 aliphatic carbocycles. The number of hydrogen-bond donors (Lipinski definition) is 1. The summed E-state index contributed by atoms with van der Waals surface area (Å²) < 4.78 is 24.6. The molecule has 0 spiro atoms. The first-order chi connectivity index (χ1) is 9.85. The highest BCUT2D eigenvalue weighted by Gasteiger charge is 2.16. The van der Waals surface area contributed by atoms with E-state index in [0.29, 0.717) is 6.61 Å². The van der Waals surface area contributed by atoms with Gasteiger partial charge < -0.3 is 14.8 Å². The van der Waals surface area contributed by atoms with E-state index in [2.05, 4.69) is 12.2 Å². The van der Waals surface area contributed by atoms with Gasteiger partial charge in [0.25, 0.3) is 0 Å². The van der Waals surface area contributed by atoms with Crippen molar-refractivity contribution in [3.05, 3.63) is 29.6 Å². The van der Waals surface area contributed by atoms with Crippen molar-refractivity contribution in [1.29, 1.82) is 0 Å². The molecule has 0 fully saturated rings. The summed E-state index contributed by atoms with van der Waals surface area (Å²) in [6.45, 7) is 9.78. The number of rotatable bonds is 8. The van der Waals surface area contributed by atoms with Gasteiger partial charge in [-0.05, 0) is 57.9 Å². The van der Waals surface area contributed by atoms with Gasteiger partial charge in [-0.15, -0.1) is 0 Å². The van der Waals surface area contributed by atoms with Gasteiger partial charge in [-0.1, -0.05) is 13.0 Å². The molecule has 0 radical (unpaired) electrons. The number of benzene rings is 1. The van der Waals surface area contributed by atoms with Gasteiger partial charge in [-0.2, -0.15) is 0 Å². The van der Waals surface area contributed by atoms with E-state index in [-0.39, 0.29) is 23.2 Å². The van der Waals surface area contributed by atoms with Crippen molar-refractivity contribution in [3.63, 3.8) is 0 Å². The third-order valence-electron chi connectivity index (χ3n) is 3.10. The van der Waals surface area contributed by atoms with E-state index in [9.17, 15) is 4.39 Å². The minimum Gasteiger partial charge on any atom is -0.494 e. The van der Waals surface area contributed by atoms with Crippen molar-refractivity contribution in [2.45, 2.75) is 52.2 Å². The molecular weight excluding hydrogens is 269 g/mol. The zero-order valence-corrected chi connectivity index (χ0v) is 13.8. The summed E-state index contributed by atoms with van der Waals surface area (Å²) in [5, 5.41) is 3.46. The predicted octanol–water partition coefficient (Wildman–Crippen LogP) is 3.56.